The van der Waals surface area contributed by atoms with Crippen LogP contribution in [0.25, 0.3) is 0 Å². The molecule has 1 N–H and O–H groups in total. The van der Waals surface area contributed by atoms with Crippen molar-refractivity contribution in [3.8, 4) is 0 Å². The van der Waals surface area contributed by atoms with Gasteiger partial charge >= 0.3 is 0 Å². The molecule has 19 heavy (non-hydrogen) atoms. The van der Waals surface area contributed by atoms with Crippen molar-refractivity contribution in [2.75, 3.05) is 26.2 Å². The zero-order valence-corrected chi connectivity index (χ0v) is 12.6. The molecule has 1 amide bonds. The molecule has 3 rings (SSSR count). The molecule has 1 saturated heterocycles. The lowest BCUT2D eigenvalue weighted by molar-refractivity contribution is -0.132. The molecule has 0 aromatic rings. The van der Waals surface area contributed by atoms with E-state index in [-0.39, 0.29) is 12.4 Å². The Balaban J connectivity index is 0.00000133. The average molecular weight is 287 g/mol. The Hall–Kier alpha value is -0.280. The van der Waals surface area contributed by atoms with Gasteiger partial charge in [0.2, 0.25) is 5.91 Å². The summed E-state index contributed by atoms with van der Waals surface area (Å²) in [5.41, 5.74) is 0. The van der Waals surface area contributed by atoms with E-state index in [4.69, 9.17) is 0 Å². The summed E-state index contributed by atoms with van der Waals surface area (Å²) >= 11 is 0. The number of nitrogens with one attached hydrogen (secondary N) is 1. The van der Waals surface area contributed by atoms with Gasteiger partial charge in [0, 0.05) is 25.6 Å². The van der Waals surface area contributed by atoms with Gasteiger partial charge in [0.15, 0.2) is 0 Å². The Labute approximate surface area is 122 Å². The summed E-state index contributed by atoms with van der Waals surface area (Å²) < 4.78 is 0. The molecule has 2 saturated carbocycles. The van der Waals surface area contributed by atoms with Crippen LogP contribution in [-0.4, -0.2) is 37.0 Å². The highest BCUT2D eigenvalue weighted by atomic mass is 35.5. The van der Waals surface area contributed by atoms with Crippen molar-refractivity contribution in [2.24, 2.45) is 17.8 Å². The van der Waals surface area contributed by atoms with Crippen LogP contribution >= 0.6 is 12.4 Å². The second-order valence-electron chi connectivity index (χ2n) is 6.33. The van der Waals surface area contributed by atoms with Crippen LogP contribution in [-0.2, 0) is 4.79 Å². The van der Waals surface area contributed by atoms with E-state index in [1.54, 1.807) is 0 Å². The molecule has 4 heteroatoms. The Bertz CT molecular complexity index is 297. The first-order valence-electron chi connectivity index (χ1n) is 7.86. The van der Waals surface area contributed by atoms with Crippen molar-refractivity contribution in [3.63, 3.8) is 0 Å². The molecule has 0 radical (unpaired) electrons. The molecule has 2 aliphatic carbocycles. The van der Waals surface area contributed by atoms with Gasteiger partial charge in [-0.1, -0.05) is 32.1 Å². The van der Waals surface area contributed by atoms with Crippen LogP contribution in [0.5, 0.6) is 0 Å². The van der Waals surface area contributed by atoms with Crippen molar-refractivity contribution < 1.29 is 4.79 Å². The molecule has 3 aliphatic rings. The number of hydrogen-bond donors (Lipinski definition) is 1. The standard InChI is InChI=1S/C15H26N2O.ClH/c18-15(17-9-4-7-16-8-10-17)14-11-13(14)12-5-2-1-3-6-12;/h12-14,16H,1-11H2;1H. The molecule has 0 bridgehead atoms. The maximum absolute atomic E-state index is 12.5. The van der Waals surface area contributed by atoms with Gasteiger partial charge in [-0.2, -0.15) is 0 Å². The quantitative estimate of drug-likeness (QED) is 0.846. The predicted octanol–water partition coefficient (Wildman–Crippen LogP) is 2.45. The third kappa shape index (κ3) is 3.63. The molecule has 3 nitrogen and oxygen atoms in total. The topological polar surface area (TPSA) is 32.3 Å². The second kappa shape index (κ2) is 6.94. The van der Waals surface area contributed by atoms with E-state index >= 15 is 0 Å². The smallest absolute Gasteiger partial charge is 0.226 e. The van der Waals surface area contributed by atoms with E-state index in [1.807, 2.05) is 0 Å². The first-order chi connectivity index (χ1) is 8.86. The predicted molar refractivity (Wildman–Crippen MR) is 79.5 cm³/mol. The minimum absolute atomic E-state index is 0. The molecule has 1 heterocycles. The van der Waals surface area contributed by atoms with Gasteiger partial charge in [0.05, 0.1) is 0 Å². The van der Waals surface area contributed by atoms with Crippen molar-refractivity contribution in [2.45, 2.75) is 44.9 Å². The van der Waals surface area contributed by atoms with E-state index < -0.39 is 0 Å². The fourth-order valence-corrected chi connectivity index (χ4v) is 3.88. The lowest BCUT2D eigenvalue weighted by Gasteiger charge is -2.23. The lowest BCUT2D eigenvalue weighted by atomic mass is 9.85. The SMILES string of the molecule is Cl.O=C(C1CC1C1CCCCC1)N1CCCNCC1. The van der Waals surface area contributed by atoms with Crippen LogP contribution in [0.3, 0.4) is 0 Å². The largest absolute Gasteiger partial charge is 0.341 e. The highest BCUT2D eigenvalue weighted by Crippen LogP contribution is 2.50. The first-order valence-corrected chi connectivity index (χ1v) is 7.86. The van der Waals surface area contributed by atoms with Crippen molar-refractivity contribution in [1.29, 1.82) is 0 Å². The summed E-state index contributed by atoms with van der Waals surface area (Å²) in [4.78, 5) is 14.6. The fraction of sp³-hybridized carbons (Fsp3) is 0.933. The van der Waals surface area contributed by atoms with Gasteiger partial charge in [-0.05, 0) is 31.2 Å². The van der Waals surface area contributed by atoms with E-state index in [1.165, 1.54) is 38.5 Å². The molecule has 3 fully saturated rings. The fourth-order valence-electron chi connectivity index (χ4n) is 3.88. The van der Waals surface area contributed by atoms with E-state index in [0.717, 1.165) is 44.4 Å². The first kappa shape index (κ1) is 15.1. The Morgan fingerprint density at radius 2 is 1.79 bits per heavy atom. The summed E-state index contributed by atoms with van der Waals surface area (Å²) in [7, 11) is 0. The monoisotopic (exact) mass is 286 g/mol. The molecule has 2 atom stereocenters. The number of nitrogens with zero attached hydrogens (tertiary/aromatic N) is 1. The average Bonchev–Trinajstić information content (AvgIpc) is 3.23. The van der Waals surface area contributed by atoms with Crippen LogP contribution in [0.1, 0.15) is 44.9 Å². The maximum atomic E-state index is 12.5. The van der Waals surface area contributed by atoms with Gasteiger partial charge in [-0.3, -0.25) is 4.79 Å². The van der Waals surface area contributed by atoms with Crippen LogP contribution in [0.15, 0.2) is 0 Å². The molecule has 0 spiro atoms. The third-order valence-electron chi connectivity index (χ3n) is 5.06. The van der Waals surface area contributed by atoms with Crippen LogP contribution in [0, 0.1) is 17.8 Å². The van der Waals surface area contributed by atoms with Crippen molar-refractivity contribution >= 4 is 18.3 Å². The van der Waals surface area contributed by atoms with Crippen molar-refractivity contribution in [1.82, 2.24) is 10.2 Å². The minimum Gasteiger partial charge on any atom is -0.341 e. The summed E-state index contributed by atoms with van der Waals surface area (Å²) in [6.45, 7) is 3.94. The van der Waals surface area contributed by atoms with Crippen LogP contribution in [0.2, 0.25) is 0 Å². The second-order valence-corrected chi connectivity index (χ2v) is 6.33. The molecule has 1 aliphatic heterocycles. The van der Waals surface area contributed by atoms with Crippen molar-refractivity contribution in [3.05, 3.63) is 0 Å². The summed E-state index contributed by atoms with van der Waals surface area (Å²) in [6, 6.07) is 0. The highest BCUT2D eigenvalue weighted by Gasteiger charge is 2.48. The number of amides is 1. The molecule has 0 aromatic carbocycles. The van der Waals surface area contributed by atoms with E-state index in [9.17, 15) is 4.79 Å². The van der Waals surface area contributed by atoms with Gasteiger partial charge < -0.3 is 10.2 Å². The number of rotatable bonds is 2. The molecular formula is C15H27ClN2O. The van der Waals surface area contributed by atoms with Gasteiger partial charge in [0.25, 0.3) is 0 Å². The Morgan fingerprint density at radius 3 is 2.58 bits per heavy atom. The summed E-state index contributed by atoms with van der Waals surface area (Å²) in [5.74, 6) is 2.48. The van der Waals surface area contributed by atoms with E-state index in [2.05, 4.69) is 10.2 Å². The summed E-state index contributed by atoms with van der Waals surface area (Å²) in [5, 5.41) is 3.37. The van der Waals surface area contributed by atoms with Gasteiger partial charge in [0.1, 0.15) is 0 Å². The number of halogens is 1. The van der Waals surface area contributed by atoms with Crippen LogP contribution < -0.4 is 5.32 Å². The molecule has 0 aromatic heterocycles. The Morgan fingerprint density at radius 1 is 1.00 bits per heavy atom. The summed E-state index contributed by atoms with van der Waals surface area (Å²) in [6.07, 6.45) is 9.29. The maximum Gasteiger partial charge on any atom is 0.226 e. The molecule has 2 unspecified atom stereocenters. The van der Waals surface area contributed by atoms with Gasteiger partial charge in [-0.15, -0.1) is 12.4 Å². The number of hydrogen-bond acceptors (Lipinski definition) is 2. The zero-order valence-electron chi connectivity index (χ0n) is 11.8. The minimum atomic E-state index is 0. The number of carbonyl (C=O) groups is 1. The number of carbonyl (C=O) groups excluding carboxylic acids is 1. The normalized spacial score (nSPS) is 32.3. The van der Waals surface area contributed by atoms with Gasteiger partial charge in [-0.25, -0.2) is 0 Å². The third-order valence-corrected chi connectivity index (χ3v) is 5.06. The van der Waals surface area contributed by atoms with E-state index in [0.29, 0.717) is 11.8 Å². The highest BCUT2D eigenvalue weighted by molar-refractivity contribution is 5.85. The molecule has 110 valence electrons. The zero-order chi connectivity index (χ0) is 12.4. The lowest BCUT2D eigenvalue weighted by Crippen LogP contribution is -2.36. The van der Waals surface area contributed by atoms with Crippen LogP contribution in [0.4, 0.5) is 0 Å². The Kier molecular flexibility index (Phi) is 5.52. The molecular weight excluding hydrogens is 260 g/mol.